The number of hydrogen-bond acceptors (Lipinski definition) is 3. The third-order valence-corrected chi connectivity index (χ3v) is 3.96. The van der Waals surface area contributed by atoms with Crippen molar-refractivity contribution in [3.05, 3.63) is 46.6 Å². The zero-order valence-corrected chi connectivity index (χ0v) is 14.7. The Hall–Kier alpha value is -2.14. The number of hydrogen-bond donors (Lipinski definition) is 1. The second-order valence-corrected chi connectivity index (χ2v) is 6.10. The molecule has 1 aromatic heterocycles. The Bertz CT molecular complexity index is 673. The van der Waals surface area contributed by atoms with Crippen molar-refractivity contribution in [3.63, 3.8) is 0 Å². The van der Waals surface area contributed by atoms with Gasteiger partial charge in [-0.1, -0.05) is 36.8 Å². The number of amides is 1. The fourth-order valence-electron chi connectivity index (χ4n) is 2.67. The molecular formula is C18H26N4O. The van der Waals surface area contributed by atoms with Crippen molar-refractivity contribution in [1.82, 2.24) is 14.7 Å². The zero-order chi connectivity index (χ0) is 17.0. The maximum atomic E-state index is 12.3. The van der Waals surface area contributed by atoms with Crippen LogP contribution in [0.5, 0.6) is 0 Å². The summed E-state index contributed by atoms with van der Waals surface area (Å²) >= 11 is 0. The first kappa shape index (κ1) is 17.2. The highest BCUT2D eigenvalue weighted by Crippen LogP contribution is 2.18. The summed E-state index contributed by atoms with van der Waals surface area (Å²) in [4.78, 5) is 14.3. The maximum Gasteiger partial charge on any atom is 0.239 e. The smallest absolute Gasteiger partial charge is 0.239 e. The molecule has 0 aliphatic heterocycles. The maximum absolute atomic E-state index is 12.3. The fraction of sp³-hybridized carbons (Fsp3) is 0.444. The Balaban J connectivity index is 1.94. The molecule has 1 amide bonds. The summed E-state index contributed by atoms with van der Waals surface area (Å²) in [6.45, 7) is 7.23. The molecule has 124 valence electrons. The average molecular weight is 314 g/mol. The molecular weight excluding hydrogens is 288 g/mol. The second-order valence-electron chi connectivity index (χ2n) is 6.10. The van der Waals surface area contributed by atoms with Gasteiger partial charge in [0.2, 0.25) is 5.91 Å². The number of nitrogens with one attached hydrogen (secondary N) is 1. The van der Waals surface area contributed by atoms with Crippen LogP contribution in [0.3, 0.4) is 0 Å². The van der Waals surface area contributed by atoms with E-state index in [0.29, 0.717) is 6.54 Å². The van der Waals surface area contributed by atoms with E-state index in [1.807, 2.05) is 25.9 Å². The zero-order valence-electron chi connectivity index (χ0n) is 14.7. The molecule has 0 radical (unpaired) electrons. The van der Waals surface area contributed by atoms with E-state index in [4.69, 9.17) is 0 Å². The van der Waals surface area contributed by atoms with Crippen LogP contribution in [0.4, 0.5) is 5.82 Å². The van der Waals surface area contributed by atoms with Crippen molar-refractivity contribution in [1.29, 1.82) is 0 Å². The third-order valence-electron chi connectivity index (χ3n) is 3.96. The van der Waals surface area contributed by atoms with Gasteiger partial charge < -0.3 is 5.32 Å². The molecule has 2 rings (SSSR count). The van der Waals surface area contributed by atoms with Gasteiger partial charge in [-0.05, 0) is 32.9 Å². The van der Waals surface area contributed by atoms with Gasteiger partial charge in [-0.3, -0.25) is 14.4 Å². The molecule has 1 heterocycles. The van der Waals surface area contributed by atoms with E-state index in [-0.39, 0.29) is 5.91 Å². The summed E-state index contributed by atoms with van der Waals surface area (Å²) in [5.74, 6) is 0.768. The van der Waals surface area contributed by atoms with Gasteiger partial charge in [-0.2, -0.15) is 5.10 Å². The first-order valence-corrected chi connectivity index (χ1v) is 7.97. The highest BCUT2D eigenvalue weighted by Gasteiger charge is 2.14. The molecule has 0 atom stereocenters. The molecule has 1 aromatic carbocycles. The normalized spacial score (nSPS) is 11.0. The minimum Gasteiger partial charge on any atom is -0.310 e. The third kappa shape index (κ3) is 4.42. The summed E-state index contributed by atoms with van der Waals surface area (Å²) in [7, 11) is 3.81. The lowest BCUT2D eigenvalue weighted by molar-refractivity contribution is -0.117. The van der Waals surface area contributed by atoms with Gasteiger partial charge in [0.05, 0.1) is 12.2 Å². The Morgan fingerprint density at radius 3 is 2.48 bits per heavy atom. The van der Waals surface area contributed by atoms with Gasteiger partial charge in [0.15, 0.2) is 0 Å². The SMILES string of the molecule is CCc1nn(C)c(NC(=O)CN(C)Cc2ccc(C)cc2)c1C. The Morgan fingerprint density at radius 2 is 1.91 bits per heavy atom. The van der Waals surface area contributed by atoms with Gasteiger partial charge in [0.1, 0.15) is 5.82 Å². The number of anilines is 1. The van der Waals surface area contributed by atoms with Crippen molar-refractivity contribution in [2.24, 2.45) is 7.05 Å². The largest absolute Gasteiger partial charge is 0.310 e. The quantitative estimate of drug-likeness (QED) is 0.892. The number of aromatic nitrogens is 2. The summed E-state index contributed by atoms with van der Waals surface area (Å²) in [5, 5.41) is 7.40. The Kier molecular flexibility index (Phi) is 5.55. The lowest BCUT2D eigenvalue weighted by Gasteiger charge is -2.16. The predicted molar refractivity (Wildman–Crippen MR) is 93.5 cm³/mol. The number of rotatable bonds is 6. The van der Waals surface area contributed by atoms with Crippen LogP contribution in [0.2, 0.25) is 0 Å². The molecule has 0 saturated carbocycles. The first-order valence-electron chi connectivity index (χ1n) is 7.97. The Labute approximate surface area is 138 Å². The molecule has 0 spiro atoms. The topological polar surface area (TPSA) is 50.2 Å². The van der Waals surface area contributed by atoms with Crippen LogP contribution >= 0.6 is 0 Å². The second kappa shape index (κ2) is 7.42. The van der Waals surface area contributed by atoms with E-state index in [2.05, 4.69) is 48.5 Å². The van der Waals surface area contributed by atoms with Gasteiger partial charge in [0, 0.05) is 19.2 Å². The molecule has 1 N–H and O–H groups in total. The lowest BCUT2D eigenvalue weighted by atomic mass is 10.1. The first-order chi connectivity index (χ1) is 10.9. The van der Waals surface area contributed by atoms with Crippen LogP contribution in [-0.4, -0.2) is 34.2 Å². The van der Waals surface area contributed by atoms with Crippen molar-refractivity contribution in [2.75, 3.05) is 18.9 Å². The predicted octanol–water partition coefficient (Wildman–Crippen LogP) is 2.67. The van der Waals surface area contributed by atoms with Crippen molar-refractivity contribution in [2.45, 2.75) is 33.7 Å². The summed E-state index contributed by atoms with van der Waals surface area (Å²) in [5.41, 5.74) is 4.52. The van der Waals surface area contributed by atoms with Crippen LogP contribution in [0.15, 0.2) is 24.3 Å². The average Bonchev–Trinajstić information content (AvgIpc) is 2.77. The van der Waals surface area contributed by atoms with Crippen LogP contribution in [-0.2, 0) is 24.8 Å². The number of carbonyl (C=O) groups excluding carboxylic acids is 1. The summed E-state index contributed by atoms with van der Waals surface area (Å²) in [6, 6.07) is 8.38. The molecule has 2 aromatic rings. The summed E-state index contributed by atoms with van der Waals surface area (Å²) < 4.78 is 1.74. The molecule has 0 bridgehead atoms. The number of carbonyl (C=O) groups is 1. The van der Waals surface area contributed by atoms with Crippen LogP contribution in [0.1, 0.15) is 29.3 Å². The molecule has 0 aliphatic carbocycles. The highest BCUT2D eigenvalue weighted by molar-refractivity contribution is 5.92. The van der Waals surface area contributed by atoms with Gasteiger partial charge >= 0.3 is 0 Å². The molecule has 0 aliphatic rings. The number of nitrogens with zero attached hydrogens (tertiary/aromatic N) is 3. The van der Waals surface area contributed by atoms with E-state index in [1.165, 1.54) is 11.1 Å². The van der Waals surface area contributed by atoms with E-state index in [0.717, 1.165) is 30.0 Å². The molecule has 0 unspecified atom stereocenters. The van der Waals surface area contributed by atoms with Crippen LogP contribution in [0.25, 0.3) is 0 Å². The minimum atomic E-state index is -0.0200. The molecule has 5 heteroatoms. The van der Waals surface area contributed by atoms with Gasteiger partial charge in [0.25, 0.3) is 0 Å². The van der Waals surface area contributed by atoms with Crippen LogP contribution < -0.4 is 5.32 Å². The van der Waals surface area contributed by atoms with E-state index in [9.17, 15) is 4.79 Å². The lowest BCUT2D eigenvalue weighted by Crippen LogP contribution is -2.30. The van der Waals surface area contributed by atoms with E-state index >= 15 is 0 Å². The van der Waals surface area contributed by atoms with Gasteiger partial charge in [-0.25, -0.2) is 0 Å². The molecule has 0 fully saturated rings. The van der Waals surface area contributed by atoms with Gasteiger partial charge in [-0.15, -0.1) is 0 Å². The van der Waals surface area contributed by atoms with Crippen molar-refractivity contribution < 1.29 is 4.79 Å². The molecule has 5 nitrogen and oxygen atoms in total. The molecule has 0 saturated heterocycles. The number of benzene rings is 1. The number of likely N-dealkylation sites (N-methyl/N-ethyl adjacent to an activating group) is 1. The Morgan fingerprint density at radius 1 is 1.26 bits per heavy atom. The summed E-state index contributed by atoms with van der Waals surface area (Å²) in [6.07, 6.45) is 0.864. The van der Waals surface area contributed by atoms with E-state index in [1.54, 1.807) is 4.68 Å². The monoisotopic (exact) mass is 314 g/mol. The van der Waals surface area contributed by atoms with E-state index < -0.39 is 0 Å². The molecule has 23 heavy (non-hydrogen) atoms. The standard InChI is InChI=1S/C18H26N4O/c1-6-16-14(3)18(22(5)20-16)19-17(23)12-21(4)11-15-9-7-13(2)8-10-15/h7-10H,6,11-12H2,1-5H3,(H,19,23). The van der Waals surface area contributed by atoms with Crippen molar-refractivity contribution >= 4 is 11.7 Å². The highest BCUT2D eigenvalue weighted by atomic mass is 16.2. The van der Waals surface area contributed by atoms with Crippen molar-refractivity contribution in [3.8, 4) is 0 Å². The van der Waals surface area contributed by atoms with Crippen LogP contribution in [0, 0.1) is 13.8 Å². The fourth-order valence-corrected chi connectivity index (χ4v) is 2.67. The number of aryl methyl sites for hydroxylation is 3. The minimum absolute atomic E-state index is 0.0200.